The first-order valence-electron chi connectivity index (χ1n) is 8.54. The molecule has 0 aliphatic carbocycles. The number of rotatable bonds is 4. The molecule has 134 valence electrons. The molecule has 0 bridgehead atoms. The number of imidazole rings is 1. The number of urea groups is 1. The zero-order valence-electron chi connectivity index (χ0n) is 14.8. The molecule has 0 radical (unpaired) electrons. The van der Waals surface area contributed by atoms with Crippen molar-refractivity contribution < 1.29 is 4.79 Å². The summed E-state index contributed by atoms with van der Waals surface area (Å²) in [6, 6.07) is 15.3. The van der Waals surface area contributed by atoms with Gasteiger partial charge in [-0.1, -0.05) is 30.3 Å². The molecule has 0 fully saturated rings. The van der Waals surface area contributed by atoms with Gasteiger partial charge in [-0.15, -0.1) is 0 Å². The van der Waals surface area contributed by atoms with E-state index in [1.807, 2.05) is 66.1 Å². The number of amides is 2. The Morgan fingerprint density at radius 1 is 1.07 bits per heavy atom. The molecule has 3 aromatic heterocycles. The van der Waals surface area contributed by atoms with Crippen molar-refractivity contribution in [2.75, 3.05) is 5.32 Å². The van der Waals surface area contributed by atoms with E-state index in [0.717, 1.165) is 28.0 Å². The SMILES string of the molecule is Cc1cc(-c2ccc3nc(NC(=O)NCc4ccccc4)cn3c2)cnn1. The number of hydrogen-bond acceptors (Lipinski definition) is 4. The van der Waals surface area contributed by atoms with Crippen LogP contribution < -0.4 is 10.6 Å². The van der Waals surface area contributed by atoms with Crippen molar-refractivity contribution in [1.29, 1.82) is 0 Å². The van der Waals surface area contributed by atoms with Gasteiger partial charge in [0.25, 0.3) is 0 Å². The predicted molar refractivity (Wildman–Crippen MR) is 103 cm³/mol. The zero-order chi connectivity index (χ0) is 18.6. The molecule has 0 aliphatic heterocycles. The highest BCUT2D eigenvalue weighted by molar-refractivity contribution is 5.88. The summed E-state index contributed by atoms with van der Waals surface area (Å²) in [5.41, 5.74) is 4.62. The van der Waals surface area contributed by atoms with E-state index >= 15 is 0 Å². The molecule has 3 heterocycles. The maximum atomic E-state index is 12.1. The van der Waals surface area contributed by atoms with Crippen LogP contribution in [0.1, 0.15) is 11.3 Å². The molecule has 2 N–H and O–H groups in total. The average Bonchev–Trinajstić information content (AvgIpc) is 3.08. The summed E-state index contributed by atoms with van der Waals surface area (Å²) < 4.78 is 1.87. The van der Waals surface area contributed by atoms with Crippen molar-refractivity contribution in [2.24, 2.45) is 0 Å². The monoisotopic (exact) mass is 358 g/mol. The van der Waals surface area contributed by atoms with Crippen molar-refractivity contribution in [3.8, 4) is 11.1 Å². The number of benzene rings is 1. The normalized spacial score (nSPS) is 10.7. The fourth-order valence-corrected chi connectivity index (χ4v) is 2.79. The molecule has 4 rings (SSSR count). The topological polar surface area (TPSA) is 84.2 Å². The second-order valence-corrected chi connectivity index (χ2v) is 6.19. The van der Waals surface area contributed by atoms with E-state index in [0.29, 0.717) is 12.4 Å². The first-order chi connectivity index (χ1) is 13.2. The number of nitrogens with one attached hydrogen (secondary N) is 2. The average molecular weight is 358 g/mol. The molecule has 7 nitrogen and oxygen atoms in total. The van der Waals surface area contributed by atoms with Gasteiger partial charge >= 0.3 is 6.03 Å². The third-order valence-corrected chi connectivity index (χ3v) is 4.10. The number of pyridine rings is 1. The first kappa shape index (κ1) is 16.7. The second kappa shape index (κ2) is 7.25. The number of carbonyl (C=O) groups excluding carboxylic acids is 1. The van der Waals surface area contributed by atoms with E-state index in [2.05, 4.69) is 25.8 Å². The molecular weight excluding hydrogens is 340 g/mol. The smallest absolute Gasteiger partial charge is 0.320 e. The largest absolute Gasteiger partial charge is 0.334 e. The lowest BCUT2D eigenvalue weighted by Gasteiger charge is -2.05. The summed E-state index contributed by atoms with van der Waals surface area (Å²) in [6.45, 7) is 2.36. The Hall–Kier alpha value is -3.74. The maximum Gasteiger partial charge on any atom is 0.320 e. The highest BCUT2D eigenvalue weighted by atomic mass is 16.2. The molecule has 7 heteroatoms. The Morgan fingerprint density at radius 2 is 1.93 bits per heavy atom. The summed E-state index contributed by atoms with van der Waals surface area (Å²) in [4.78, 5) is 16.5. The second-order valence-electron chi connectivity index (χ2n) is 6.19. The highest BCUT2D eigenvalue weighted by Crippen LogP contribution is 2.20. The van der Waals surface area contributed by atoms with Gasteiger partial charge in [0, 0.05) is 23.9 Å². The molecule has 4 aromatic rings. The molecule has 0 aliphatic rings. The van der Waals surface area contributed by atoms with E-state index in [-0.39, 0.29) is 6.03 Å². The Balaban J connectivity index is 1.47. The van der Waals surface area contributed by atoms with Crippen molar-refractivity contribution in [3.63, 3.8) is 0 Å². The number of anilines is 1. The molecule has 0 spiro atoms. The Labute approximate surface area is 156 Å². The van der Waals surface area contributed by atoms with E-state index < -0.39 is 0 Å². The highest BCUT2D eigenvalue weighted by Gasteiger charge is 2.07. The van der Waals surface area contributed by atoms with Gasteiger partial charge in [0.15, 0.2) is 5.82 Å². The van der Waals surface area contributed by atoms with Crippen LogP contribution in [0.4, 0.5) is 10.6 Å². The lowest BCUT2D eigenvalue weighted by molar-refractivity contribution is 0.251. The minimum Gasteiger partial charge on any atom is -0.334 e. The number of carbonyl (C=O) groups is 1. The molecular formula is C20H18N6O. The van der Waals surface area contributed by atoms with Crippen LogP contribution in [-0.2, 0) is 6.54 Å². The van der Waals surface area contributed by atoms with Crippen LogP contribution in [0.25, 0.3) is 16.8 Å². The fourth-order valence-electron chi connectivity index (χ4n) is 2.79. The van der Waals surface area contributed by atoms with Crippen molar-refractivity contribution in [3.05, 3.63) is 78.4 Å². The quantitative estimate of drug-likeness (QED) is 0.585. The lowest BCUT2D eigenvalue weighted by Crippen LogP contribution is -2.28. The van der Waals surface area contributed by atoms with Crippen molar-refractivity contribution in [1.82, 2.24) is 24.9 Å². The molecule has 0 saturated carbocycles. The summed E-state index contributed by atoms with van der Waals surface area (Å²) in [5.74, 6) is 0.488. The van der Waals surface area contributed by atoms with Crippen LogP contribution >= 0.6 is 0 Å². The van der Waals surface area contributed by atoms with Gasteiger partial charge in [0.05, 0.1) is 18.1 Å². The number of aryl methyl sites for hydroxylation is 1. The van der Waals surface area contributed by atoms with E-state index in [9.17, 15) is 4.79 Å². The van der Waals surface area contributed by atoms with Gasteiger partial charge < -0.3 is 9.72 Å². The molecule has 1 aromatic carbocycles. The van der Waals surface area contributed by atoms with Gasteiger partial charge in [-0.3, -0.25) is 5.32 Å². The number of aromatic nitrogens is 4. The van der Waals surface area contributed by atoms with Crippen LogP contribution in [-0.4, -0.2) is 25.6 Å². The Kier molecular flexibility index (Phi) is 4.49. The fraction of sp³-hybridized carbons (Fsp3) is 0.100. The Bertz CT molecular complexity index is 1090. The van der Waals surface area contributed by atoms with Gasteiger partial charge in [-0.05, 0) is 30.7 Å². The molecule has 2 amide bonds. The van der Waals surface area contributed by atoms with Crippen molar-refractivity contribution in [2.45, 2.75) is 13.5 Å². The summed E-state index contributed by atoms with van der Waals surface area (Å²) in [5, 5.41) is 13.6. The number of fused-ring (bicyclic) bond motifs is 1. The standard InChI is InChI=1S/C20H18N6O/c1-14-9-17(11-22-25-14)16-7-8-19-23-18(13-26(19)12-16)24-20(27)21-10-15-5-3-2-4-6-15/h2-9,11-13H,10H2,1H3,(H2,21,24,27). The molecule has 0 atom stereocenters. The van der Waals surface area contributed by atoms with E-state index in [1.54, 1.807) is 12.4 Å². The third kappa shape index (κ3) is 3.92. The van der Waals surface area contributed by atoms with Crippen LogP contribution in [0.3, 0.4) is 0 Å². The zero-order valence-corrected chi connectivity index (χ0v) is 14.8. The summed E-state index contributed by atoms with van der Waals surface area (Å²) in [7, 11) is 0. The van der Waals surface area contributed by atoms with Crippen LogP contribution in [0.2, 0.25) is 0 Å². The van der Waals surface area contributed by atoms with E-state index in [1.165, 1.54) is 0 Å². The maximum absolute atomic E-state index is 12.1. The van der Waals surface area contributed by atoms with Gasteiger partial charge in [-0.2, -0.15) is 10.2 Å². The molecule has 0 unspecified atom stereocenters. The third-order valence-electron chi connectivity index (χ3n) is 4.10. The number of hydrogen-bond donors (Lipinski definition) is 2. The lowest BCUT2D eigenvalue weighted by atomic mass is 10.1. The minimum atomic E-state index is -0.295. The van der Waals surface area contributed by atoms with E-state index in [4.69, 9.17) is 0 Å². The van der Waals surface area contributed by atoms with Crippen LogP contribution in [0.15, 0.2) is 67.1 Å². The molecule has 27 heavy (non-hydrogen) atoms. The van der Waals surface area contributed by atoms with Gasteiger partial charge in [-0.25, -0.2) is 9.78 Å². The van der Waals surface area contributed by atoms with Crippen LogP contribution in [0, 0.1) is 6.92 Å². The summed E-state index contributed by atoms with van der Waals surface area (Å²) >= 11 is 0. The number of nitrogens with zero attached hydrogens (tertiary/aromatic N) is 4. The Morgan fingerprint density at radius 3 is 2.74 bits per heavy atom. The minimum absolute atomic E-state index is 0.295. The predicted octanol–water partition coefficient (Wildman–Crippen LogP) is 3.42. The molecule has 0 saturated heterocycles. The van der Waals surface area contributed by atoms with Gasteiger partial charge in [0.1, 0.15) is 5.65 Å². The van der Waals surface area contributed by atoms with Gasteiger partial charge in [0.2, 0.25) is 0 Å². The first-order valence-corrected chi connectivity index (χ1v) is 8.54. The summed E-state index contributed by atoms with van der Waals surface area (Å²) in [6.07, 6.45) is 5.45. The van der Waals surface area contributed by atoms with Crippen LogP contribution in [0.5, 0.6) is 0 Å². The van der Waals surface area contributed by atoms with Crippen molar-refractivity contribution >= 4 is 17.5 Å².